The minimum absolute atomic E-state index is 0.0433. The van der Waals surface area contributed by atoms with Gasteiger partial charge in [-0.25, -0.2) is 9.18 Å². The van der Waals surface area contributed by atoms with E-state index in [9.17, 15) is 18.0 Å². The summed E-state index contributed by atoms with van der Waals surface area (Å²) in [7, 11) is 0. The highest BCUT2D eigenvalue weighted by Gasteiger charge is 2.31. The van der Waals surface area contributed by atoms with Crippen LogP contribution in [0.15, 0.2) is 46.9 Å². The molecule has 11 heteroatoms. The van der Waals surface area contributed by atoms with Crippen LogP contribution in [0.25, 0.3) is 11.5 Å². The first-order valence-electron chi connectivity index (χ1n) is 10.8. The van der Waals surface area contributed by atoms with Gasteiger partial charge in [-0.2, -0.15) is 8.78 Å². The molecule has 1 aliphatic heterocycles. The molecular formula is C23H23ClF3N5O2. The van der Waals surface area contributed by atoms with Crippen LogP contribution in [0.3, 0.4) is 0 Å². The third-order valence-electron chi connectivity index (χ3n) is 5.78. The Kier molecular flexibility index (Phi) is 7.38. The molecular weight excluding hydrogens is 471 g/mol. The van der Waals surface area contributed by atoms with E-state index in [2.05, 4.69) is 27.3 Å². The third-order valence-corrected chi connectivity index (χ3v) is 6.04. The van der Waals surface area contributed by atoms with Crippen molar-refractivity contribution < 1.29 is 22.4 Å². The molecule has 7 nitrogen and oxygen atoms in total. The van der Waals surface area contributed by atoms with Crippen molar-refractivity contribution in [1.29, 1.82) is 0 Å². The molecule has 2 aromatic carbocycles. The third kappa shape index (κ3) is 5.34. The molecule has 3 aromatic rings. The van der Waals surface area contributed by atoms with Crippen molar-refractivity contribution in [3.8, 4) is 11.5 Å². The fourth-order valence-corrected chi connectivity index (χ4v) is 4.00. The number of hydrogen-bond acceptors (Lipinski definition) is 5. The van der Waals surface area contributed by atoms with Gasteiger partial charge in [-0.05, 0) is 36.4 Å². The summed E-state index contributed by atoms with van der Waals surface area (Å²) in [5, 5.41) is 10.2. The smallest absolute Gasteiger partial charge is 0.318 e. The van der Waals surface area contributed by atoms with E-state index in [4.69, 9.17) is 16.0 Å². The van der Waals surface area contributed by atoms with E-state index < -0.39 is 18.1 Å². The Morgan fingerprint density at radius 1 is 1.21 bits per heavy atom. The lowest BCUT2D eigenvalue weighted by molar-refractivity contribution is 0.0968. The van der Waals surface area contributed by atoms with Gasteiger partial charge < -0.3 is 14.6 Å². The maximum Gasteiger partial charge on any atom is 0.318 e. The highest BCUT2D eigenvalue weighted by molar-refractivity contribution is 6.30. The first-order valence-corrected chi connectivity index (χ1v) is 11.2. The van der Waals surface area contributed by atoms with Crippen molar-refractivity contribution in [3.63, 3.8) is 0 Å². The van der Waals surface area contributed by atoms with Crippen molar-refractivity contribution in [2.75, 3.05) is 26.2 Å². The number of carbonyl (C=O) groups is 1. The lowest BCUT2D eigenvalue weighted by atomic mass is 10.0. The van der Waals surface area contributed by atoms with E-state index in [1.807, 2.05) is 12.1 Å². The average Bonchev–Trinajstić information content (AvgIpc) is 3.34. The minimum atomic E-state index is -2.91. The predicted molar refractivity (Wildman–Crippen MR) is 120 cm³/mol. The maximum absolute atomic E-state index is 14.6. The lowest BCUT2D eigenvalue weighted by Gasteiger charge is -2.41. The fraction of sp³-hybridized carbons (Fsp3) is 0.348. The number of urea groups is 1. The number of halogens is 4. The van der Waals surface area contributed by atoms with Crippen LogP contribution in [-0.4, -0.2) is 52.2 Å². The SMILES string of the molecule is CCN1CCN(C(=O)NCc2ccc(-c3nnc(C(F)F)o3)cc2F)C(c2ccc(Cl)cc2)C1. The molecule has 0 aliphatic carbocycles. The summed E-state index contributed by atoms with van der Waals surface area (Å²) in [6.07, 6.45) is -2.91. The van der Waals surface area contributed by atoms with Gasteiger partial charge in [0.2, 0.25) is 5.89 Å². The van der Waals surface area contributed by atoms with Gasteiger partial charge >= 0.3 is 12.5 Å². The molecule has 1 fully saturated rings. The van der Waals surface area contributed by atoms with E-state index in [0.717, 1.165) is 24.7 Å². The van der Waals surface area contributed by atoms with Gasteiger partial charge in [-0.3, -0.25) is 4.90 Å². The summed E-state index contributed by atoms with van der Waals surface area (Å²) in [5.74, 6) is -1.66. The quantitative estimate of drug-likeness (QED) is 0.520. The molecule has 1 aliphatic rings. The summed E-state index contributed by atoms with van der Waals surface area (Å²) < 4.78 is 44.8. The number of nitrogens with zero attached hydrogens (tertiary/aromatic N) is 4. The molecule has 0 spiro atoms. The van der Waals surface area contributed by atoms with E-state index in [1.165, 1.54) is 12.1 Å². The standard InChI is InChI=1S/C23H23ClF3N5O2/c1-2-31-9-10-32(19(13-31)14-5-7-17(24)8-6-14)23(33)28-12-16-4-3-15(11-18(16)25)21-29-30-22(34-21)20(26)27/h3-8,11,19-20H,2,9-10,12-13H2,1H3,(H,28,33). The van der Waals surface area contributed by atoms with Crippen molar-refractivity contribution in [2.45, 2.75) is 25.9 Å². The molecule has 1 N–H and O–H groups in total. The summed E-state index contributed by atoms with van der Waals surface area (Å²) in [6, 6.07) is 11.0. The monoisotopic (exact) mass is 493 g/mol. The van der Waals surface area contributed by atoms with Crippen LogP contribution in [0.1, 0.15) is 36.4 Å². The number of rotatable bonds is 6. The normalized spacial score (nSPS) is 16.8. The molecule has 0 radical (unpaired) electrons. The zero-order valence-electron chi connectivity index (χ0n) is 18.3. The number of benzene rings is 2. The molecule has 1 atom stereocenters. The molecule has 4 rings (SSSR count). The maximum atomic E-state index is 14.6. The van der Waals surface area contributed by atoms with Gasteiger partial charge in [-0.1, -0.05) is 36.7 Å². The van der Waals surface area contributed by atoms with E-state index in [-0.39, 0.29) is 35.6 Å². The number of piperazine rings is 1. The molecule has 1 unspecified atom stereocenters. The van der Waals surface area contributed by atoms with E-state index >= 15 is 0 Å². The van der Waals surface area contributed by atoms with Crippen LogP contribution in [-0.2, 0) is 6.54 Å². The van der Waals surface area contributed by atoms with Crippen LogP contribution >= 0.6 is 11.6 Å². The van der Waals surface area contributed by atoms with Crippen LogP contribution in [0, 0.1) is 5.82 Å². The van der Waals surface area contributed by atoms with Crippen molar-refractivity contribution >= 4 is 17.6 Å². The zero-order valence-corrected chi connectivity index (χ0v) is 19.1. The number of carbonyl (C=O) groups excluding carboxylic acids is 1. The highest BCUT2D eigenvalue weighted by Crippen LogP contribution is 2.27. The fourth-order valence-electron chi connectivity index (χ4n) is 3.88. The van der Waals surface area contributed by atoms with Crippen LogP contribution in [0.2, 0.25) is 5.02 Å². The van der Waals surface area contributed by atoms with Crippen LogP contribution in [0.4, 0.5) is 18.0 Å². The second-order valence-corrected chi connectivity index (χ2v) is 8.30. The van der Waals surface area contributed by atoms with Gasteiger partial charge in [0.05, 0.1) is 6.04 Å². The number of hydrogen-bond donors (Lipinski definition) is 1. The first kappa shape index (κ1) is 24.0. The van der Waals surface area contributed by atoms with Gasteiger partial charge in [0, 0.05) is 42.3 Å². The summed E-state index contributed by atoms with van der Waals surface area (Å²) >= 11 is 6.02. The molecule has 0 saturated carbocycles. The van der Waals surface area contributed by atoms with Crippen LogP contribution < -0.4 is 5.32 Å². The molecule has 180 valence electrons. The van der Waals surface area contributed by atoms with Crippen molar-refractivity contribution in [2.24, 2.45) is 0 Å². The molecule has 0 bridgehead atoms. The second-order valence-electron chi connectivity index (χ2n) is 7.87. The van der Waals surface area contributed by atoms with Gasteiger partial charge in [-0.15, -0.1) is 10.2 Å². The molecule has 1 saturated heterocycles. The highest BCUT2D eigenvalue weighted by atomic mass is 35.5. The Balaban J connectivity index is 1.44. The molecule has 2 amide bonds. The van der Waals surface area contributed by atoms with E-state index in [0.29, 0.717) is 18.1 Å². The molecule has 34 heavy (non-hydrogen) atoms. The zero-order chi connectivity index (χ0) is 24.2. The Bertz CT molecular complexity index is 1140. The average molecular weight is 494 g/mol. The Morgan fingerprint density at radius 3 is 2.62 bits per heavy atom. The largest absolute Gasteiger partial charge is 0.415 e. The molecule has 2 heterocycles. The first-order chi connectivity index (χ1) is 16.4. The lowest BCUT2D eigenvalue weighted by Crippen LogP contribution is -2.53. The van der Waals surface area contributed by atoms with Gasteiger partial charge in [0.25, 0.3) is 5.89 Å². The van der Waals surface area contributed by atoms with Gasteiger partial charge in [0.1, 0.15) is 5.82 Å². The van der Waals surface area contributed by atoms with Crippen molar-refractivity contribution in [1.82, 2.24) is 25.3 Å². The minimum Gasteiger partial charge on any atom is -0.415 e. The second kappa shape index (κ2) is 10.4. The number of alkyl halides is 2. The van der Waals surface area contributed by atoms with E-state index in [1.54, 1.807) is 17.0 Å². The number of likely N-dealkylation sites (N-methyl/N-ethyl adjacent to an activating group) is 1. The van der Waals surface area contributed by atoms with Crippen molar-refractivity contribution in [3.05, 3.63) is 70.3 Å². The molecule has 1 aromatic heterocycles. The van der Waals surface area contributed by atoms with Gasteiger partial charge in [0.15, 0.2) is 0 Å². The summed E-state index contributed by atoms with van der Waals surface area (Å²) in [5.41, 5.74) is 1.38. The Hall–Kier alpha value is -3.11. The predicted octanol–water partition coefficient (Wildman–Crippen LogP) is 5.06. The number of aromatic nitrogens is 2. The number of nitrogens with one attached hydrogen (secondary N) is 1. The summed E-state index contributed by atoms with van der Waals surface area (Å²) in [6.45, 7) is 4.84. The summed E-state index contributed by atoms with van der Waals surface area (Å²) in [4.78, 5) is 17.0. The van der Waals surface area contributed by atoms with Crippen LogP contribution in [0.5, 0.6) is 0 Å². The number of amides is 2. The topological polar surface area (TPSA) is 74.5 Å². The Morgan fingerprint density at radius 2 is 1.97 bits per heavy atom. The Labute approximate surface area is 199 Å².